The minimum Gasteiger partial charge on any atom is -0.381 e. The molecule has 0 saturated heterocycles. The van der Waals surface area contributed by atoms with E-state index in [1.165, 1.54) is 0 Å². The van der Waals surface area contributed by atoms with Crippen LogP contribution in [0.5, 0.6) is 0 Å². The molecule has 0 aliphatic carbocycles. The maximum absolute atomic E-state index is 10.9. The zero-order valence-electron chi connectivity index (χ0n) is 9.25. The number of primary sulfonamides is 1. The van der Waals surface area contributed by atoms with Gasteiger partial charge in [0.15, 0.2) is 0 Å². The van der Waals surface area contributed by atoms with Crippen LogP contribution in [0.2, 0.25) is 0 Å². The van der Waals surface area contributed by atoms with Crippen molar-refractivity contribution in [2.75, 3.05) is 19.0 Å². The second kappa shape index (κ2) is 5.68. The number of hydrogen-bond donors (Lipinski definition) is 1. The minimum absolute atomic E-state index is 0.0356. The van der Waals surface area contributed by atoms with Crippen molar-refractivity contribution in [3.8, 4) is 0 Å². The predicted molar refractivity (Wildman–Crippen MR) is 57.5 cm³/mol. The van der Waals surface area contributed by atoms with Crippen molar-refractivity contribution >= 4 is 10.0 Å². The fourth-order valence-electron chi connectivity index (χ4n) is 1.18. The van der Waals surface area contributed by atoms with E-state index in [0.717, 1.165) is 12.8 Å². The lowest BCUT2D eigenvalue weighted by molar-refractivity contribution is 0.0708. The predicted octanol–water partition coefficient (Wildman–Crippen LogP) is 1.12. The van der Waals surface area contributed by atoms with Gasteiger partial charge in [-0.05, 0) is 6.42 Å². The lowest BCUT2D eigenvalue weighted by Gasteiger charge is -2.22. The molecule has 0 saturated carbocycles. The van der Waals surface area contributed by atoms with E-state index in [1.54, 1.807) is 0 Å². The molecule has 0 aliphatic rings. The van der Waals surface area contributed by atoms with Crippen LogP contribution in [0.4, 0.5) is 0 Å². The van der Waals surface area contributed by atoms with Crippen molar-refractivity contribution in [3.05, 3.63) is 0 Å². The maximum Gasteiger partial charge on any atom is 0.209 e. The zero-order chi connectivity index (χ0) is 11.2. The Kier molecular flexibility index (Phi) is 5.63. The van der Waals surface area contributed by atoms with Gasteiger partial charge in [0.25, 0.3) is 0 Å². The smallest absolute Gasteiger partial charge is 0.209 e. The molecule has 0 fully saturated rings. The van der Waals surface area contributed by atoms with Crippen LogP contribution in [0.25, 0.3) is 0 Å². The van der Waals surface area contributed by atoms with Crippen LogP contribution in [0.3, 0.4) is 0 Å². The van der Waals surface area contributed by atoms with Gasteiger partial charge in [0, 0.05) is 12.0 Å². The first kappa shape index (κ1) is 13.9. The molecule has 0 aromatic heterocycles. The van der Waals surface area contributed by atoms with E-state index >= 15 is 0 Å². The Hall–Kier alpha value is -0.130. The normalized spacial score (nSPS) is 13.1. The van der Waals surface area contributed by atoms with Crippen molar-refractivity contribution in [2.24, 2.45) is 10.6 Å². The number of sulfonamides is 1. The molecule has 2 N–H and O–H groups in total. The van der Waals surface area contributed by atoms with E-state index in [1.807, 2.05) is 13.8 Å². The topological polar surface area (TPSA) is 69.4 Å². The third-order valence-electron chi connectivity index (χ3n) is 1.73. The zero-order valence-corrected chi connectivity index (χ0v) is 10.1. The quantitative estimate of drug-likeness (QED) is 0.657. The summed E-state index contributed by atoms with van der Waals surface area (Å²) in [7, 11) is -3.40. The van der Waals surface area contributed by atoms with Crippen LogP contribution in [0.1, 0.15) is 33.6 Å². The van der Waals surface area contributed by atoms with E-state index in [2.05, 4.69) is 6.92 Å². The number of rotatable bonds is 7. The molecule has 0 atom stereocenters. The first-order chi connectivity index (χ1) is 6.27. The third kappa shape index (κ3) is 8.47. The molecular weight excluding hydrogens is 202 g/mol. The molecule has 14 heavy (non-hydrogen) atoms. The lowest BCUT2D eigenvalue weighted by Crippen LogP contribution is -2.32. The standard InChI is InChI=1S/C9H21NO3S/c1-4-5-6-13-7-9(2,3)8-14(10,11)12/h4-8H2,1-3H3,(H2,10,11,12). The summed E-state index contributed by atoms with van der Waals surface area (Å²) in [6.45, 7) is 6.87. The van der Waals surface area contributed by atoms with Gasteiger partial charge in [0.05, 0.1) is 12.4 Å². The molecule has 0 amide bonds. The summed E-state index contributed by atoms with van der Waals surface area (Å²) in [5.41, 5.74) is -0.401. The van der Waals surface area contributed by atoms with Crippen LogP contribution in [0, 0.1) is 5.41 Å². The first-order valence-electron chi connectivity index (χ1n) is 4.85. The van der Waals surface area contributed by atoms with Gasteiger partial charge in [-0.1, -0.05) is 27.2 Å². The summed E-state index contributed by atoms with van der Waals surface area (Å²) >= 11 is 0. The Morgan fingerprint density at radius 3 is 2.36 bits per heavy atom. The summed E-state index contributed by atoms with van der Waals surface area (Å²) in [6.07, 6.45) is 2.08. The molecule has 86 valence electrons. The Morgan fingerprint density at radius 1 is 1.36 bits per heavy atom. The monoisotopic (exact) mass is 223 g/mol. The van der Waals surface area contributed by atoms with Crippen LogP contribution in [0.15, 0.2) is 0 Å². The van der Waals surface area contributed by atoms with E-state index in [-0.39, 0.29) is 5.75 Å². The van der Waals surface area contributed by atoms with E-state index in [4.69, 9.17) is 9.88 Å². The van der Waals surface area contributed by atoms with Crippen LogP contribution in [-0.4, -0.2) is 27.4 Å². The molecule has 0 heterocycles. The fraction of sp³-hybridized carbons (Fsp3) is 1.00. The van der Waals surface area contributed by atoms with E-state index in [9.17, 15) is 8.42 Å². The van der Waals surface area contributed by atoms with Crippen LogP contribution < -0.4 is 5.14 Å². The number of nitrogens with two attached hydrogens (primary N) is 1. The second-order valence-corrected chi connectivity index (χ2v) is 5.99. The van der Waals surface area contributed by atoms with E-state index < -0.39 is 15.4 Å². The first-order valence-corrected chi connectivity index (χ1v) is 6.56. The number of ether oxygens (including phenoxy) is 1. The molecular formula is C9H21NO3S. The van der Waals surface area contributed by atoms with Gasteiger partial charge in [0.1, 0.15) is 0 Å². The summed E-state index contributed by atoms with van der Waals surface area (Å²) in [6, 6.07) is 0. The summed E-state index contributed by atoms with van der Waals surface area (Å²) in [4.78, 5) is 0. The average Bonchev–Trinajstić information content (AvgIpc) is 1.93. The Bertz CT molecular complexity index is 247. The highest BCUT2D eigenvalue weighted by Gasteiger charge is 2.24. The van der Waals surface area contributed by atoms with Crippen molar-refractivity contribution in [2.45, 2.75) is 33.6 Å². The van der Waals surface area contributed by atoms with Crippen molar-refractivity contribution < 1.29 is 13.2 Å². The summed E-state index contributed by atoms with van der Waals surface area (Å²) < 4.78 is 27.1. The van der Waals surface area contributed by atoms with Gasteiger partial charge in [-0.3, -0.25) is 0 Å². The fourth-order valence-corrected chi connectivity index (χ4v) is 2.35. The van der Waals surface area contributed by atoms with Gasteiger partial charge < -0.3 is 4.74 Å². The molecule has 0 unspecified atom stereocenters. The lowest BCUT2D eigenvalue weighted by atomic mass is 9.98. The van der Waals surface area contributed by atoms with Crippen LogP contribution in [-0.2, 0) is 14.8 Å². The van der Waals surface area contributed by atoms with Gasteiger partial charge in [-0.2, -0.15) is 0 Å². The van der Waals surface area contributed by atoms with Gasteiger partial charge in [-0.15, -0.1) is 0 Å². The molecule has 0 aromatic carbocycles. The largest absolute Gasteiger partial charge is 0.381 e. The molecule has 0 aliphatic heterocycles. The summed E-state index contributed by atoms with van der Waals surface area (Å²) in [5.74, 6) is -0.0356. The van der Waals surface area contributed by atoms with Gasteiger partial charge in [0.2, 0.25) is 10.0 Å². The van der Waals surface area contributed by atoms with Gasteiger partial charge >= 0.3 is 0 Å². The number of unbranched alkanes of at least 4 members (excludes halogenated alkanes) is 1. The van der Waals surface area contributed by atoms with Crippen molar-refractivity contribution in [3.63, 3.8) is 0 Å². The Morgan fingerprint density at radius 2 is 1.93 bits per heavy atom. The SMILES string of the molecule is CCCCOCC(C)(C)CS(N)(=O)=O. The molecule has 0 aromatic rings. The highest BCUT2D eigenvalue weighted by molar-refractivity contribution is 7.89. The van der Waals surface area contributed by atoms with E-state index in [0.29, 0.717) is 13.2 Å². The molecule has 0 bridgehead atoms. The molecule has 4 nitrogen and oxygen atoms in total. The highest BCUT2D eigenvalue weighted by atomic mass is 32.2. The third-order valence-corrected chi connectivity index (χ3v) is 2.91. The molecule has 0 radical (unpaired) electrons. The van der Waals surface area contributed by atoms with Crippen molar-refractivity contribution in [1.29, 1.82) is 0 Å². The molecule has 0 rings (SSSR count). The Balaban J connectivity index is 3.84. The maximum atomic E-state index is 10.9. The highest BCUT2D eigenvalue weighted by Crippen LogP contribution is 2.17. The van der Waals surface area contributed by atoms with Crippen molar-refractivity contribution in [1.82, 2.24) is 0 Å². The summed E-state index contributed by atoms with van der Waals surface area (Å²) in [5, 5.41) is 4.97. The Labute approximate surface area is 86.9 Å². The van der Waals surface area contributed by atoms with Gasteiger partial charge in [-0.25, -0.2) is 13.6 Å². The molecule has 5 heteroatoms. The minimum atomic E-state index is -3.40. The second-order valence-electron chi connectivity index (χ2n) is 4.38. The number of hydrogen-bond acceptors (Lipinski definition) is 3. The van der Waals surface area contributed by atoms with Crippen LogP contribution >= 0.6 is 0 Å². The molecule has 0 spiro atoms. The average molecular weight is 223 g/mol.